The second-order valence-corrected chi connectivity index (χ2v) is 8.63. The number of carbonyl (C=O) groups excluding carboxylic acids is 1. The number of nitrogens with one attached hydrogen (secondary N) is 1. The molecule has 38 heavy (non-hydrogen) atoms. The smallest absolute Gasteiger partial charge is 0.293 e. The molecule has 1 amide bonds. The summed E-state index contributed by atoms with van der Waals surface area (Å²) in [5.41, 5.74) is 12.7. The third-order valence-electron chi connectivity index (χ3n) is 6.35. The van der Waals surface area contributed by atoms with E-state index < -0.39 is 5.91 Å². The second-order valence-electron chi connectivity index (χ2n) is 8.63. The van der Waals surface area contributed by atoms with Gasteiger partial charge in [-0.05, 0) is 59.9 Å². The lowest BCUT2D eigenvalue weighted by molar-refractivity contribution is 0.0948. The highest BCUT2D eigenvalue weighted by Gasteiger charge is 2.27. The fraction of sp³-hybridized carbons (Fsp3) is 0.280. The number of nitrogen functional groups attached to an aromatic ring is 1. The van der Waals surface area contributed by atoms with Crippen molar-refractivity contribution >= 4 is 23.1 Å². The molecule has 0 unspecified atom stereocenters. The van der Waals surface area contributed by atoms with E-state index in [0.717, 1.165) is 30.6 Å². The van der Waals surface area contributed by atoms with Crippen molar-refractivity contribution in [3.8, 4) is 17.3 Å². The first-order chi connectivity index (χ1) is 18.5. The van der Waals surface area contributed by atoms with Gasteiger partial charge in [0.25, 0.3) is 5.91 Å². The number of benzene rings is 2. The lowest BCUT2D eigenvalue weighted by Crippen LogP contribution is -2.31. The van der Waals surface area contributed by atoms with Gasteiger partial charge in [0, 0.05) is 17.8 Å². The summed E-state index contributed by atoms with van der Waals surface area (Å²) in [6, 6.07) is 13.5. The van der Waals surface area contributed by atoms with Gasteiger partial charge in [-0.3, -0.25) is 4.79 Å². The van der Waals surface area contributed by atoms with Gasteiger partial charge in [-0.2, -0.15) is 9.78 Å². The second kappa shape index (κ2) is 10.6. The summed E-state index contributed by atoms with van der Waals surface area (Å²) in [6.45, 7) is 2.90. The molecule has 196 valence electrons. The van der Waals surface area contributed by atoms with Gasteiger partial charge in [-0.25, -0.2) is 10.1 Å². The van der Waals surface area contributed by atoms with Crippen LogP contribution in [0.3, 0.4) is 0 Å². The maximum Gasteiger partial charge on any atom is 0.293 e. The summed E-state index contributed by atoms with van der Waals surface area (Å²) >= 11 is 0. The molecule has 0 radical (unpaired) electrons. The molecule has 3 N–H and O–H groups in total. The highest BCUT2D eigenvalue weighted by Crippen LogP contribution is 2.30. The van der Waals surface area contributed by atoms with E-state index in [9.17, 15) is 4.79 Å². The number of fused-ring (bicyclic) bond motifs is 1. The number of carbonyl (C=O) groups is 1. The SMILES string of the molecule is COc1ccc(/C(C)=N/NC(=O)c2nnn(-c3nonc3N)c2CN2CCCc3ccccc32)cc1OC. The number of methoxy groups -OCH3 is 2. The number of aryl methyl sites for hydroxylation is 1. The van der Waals surface area contributed by atoms with Crippen molar-refractivity contribution in [2.45, 2.75) is 26.3 Å². The van der Waals surface area contributed by atoms with E-state index in [1.807, 2.05) is 18.2 Å². The van der Waals surface area contributed by atoms with E-state index in [-0.39, 0.29) is 17.3 Å². The Morgan fingerprint density at radius 1 is 1.16 bits per heavy atom. The zero-order valence-corrected chi connectivity index (χ0v) is 21.2. The Kier molecular flexibility index (Phi) is 6.89. The first-order valence-electron chi connectivity index (χ1n) is 11.9. The fourth-order valence-corrected chi connectivity index (χ4v) is 4.40. The summed E-state index contributed by atoms with van der Waals surface area (Å²) in [4.78, 5) is 15.5. The number of anilines is 2. The Labute approximate surface area is 218 Å². The molecule has 2 aromatic heterocycles. The third kappa shape index (κ3) is 4.73. The Morgan fingerprint density at radius 3 is 2.74 bits per heavy atom. The summed E-state index contributed by atoms with van der Waals surface area (Å²) in [5.74, 6) is 0.796. The number of hydrogen-bond donors (Lipinski definition) is 2. The third-order valence-corrected chi connectivity index (χ3v) is 6.35. The topological polar surface area (TPSA) is 159 Å². The number of rotatable bonds is 8. The van der Waals surface area contributed by atoms with E-state index in [1.165, 1.54) is 10.2 Å². The lowest BCUT2D eigenvalue weighted by Gasteiger charge is -2.31. The Balaban J connectivity index is 1.45. The van der Waals surface area contributed by atoms with Gasteiger partial charge >= 0.3 is 0 Å². The van der Waals surface area contributed by atoms with Crippen LogP contribution in [0.25, 0.3) is 5.82 Å². The molecule has 3 heterocycles. The predicted octanol–water partition coefficient (Wildman–Crippen LogP) is 2.36. The molecule has 5 rings (SSSR count). The summed E-state index contributed by atoms with van der Waals surface area (Å²) < 4.78 is 16.8. The Morgan fingerprint density at radius 2 is 1.97 bits per heavy atom. The van der Waals surface area contributed by atoms with Gasteiger partial charge in [0.05, 0.1) is 32.2 Å². The lowest BCUT2D eigenvalue weighted by atomic mass is 10.0. The van der Waals surface area contributed by atoms with Crippen LogP contribution in [-0.2, 0) is 13.0 Å². The maximum absolute atomic E-state index is 13.3. The van der Waals surface area contributed by atoms with Crippen molar-refractivity contribution in [1.29, 1.82) is 0 Å². The van der Waals surface area contributed by atoms with Gasteiger partial charge < -0.3 is 20.1 Å². The Hall–Kier alpha value is -4.94. The number of ether oxygens (including phenoxy) is 2. The van der Waals surface area contributed by atoms with E-state index in [2.05, 4.69) is 48.2 Å². The van der Waals surface area contributed by atoms with E-state index in [1.54, 1.807) is 33.3 Å². The number of para-hydroxylation sites is 1. The molecule has 0 saturated carbocycles. The molecule has 0 spiro atoms. The van der Waals surface area contributed by atoms with Crippen LogP contribution in [0.2, 0.25) is 0 Å². The standard InChI is InChI=1S/C25H27N9O4/c1-15(17-10-11-20(36-2)21(13-17)37-3)27-29-25(35)22-19(34(32-28-22)24-23(26)30-38-31-24)14-33-12-6-8-16-7-4-5-9-18(16)33/h4-5,7,9-11,13H,6,8,12,14H2,1-3H3,(H2,26,30)(H,29,35)/b27-15+. The number of nitrogens with zero attached hydrogens (tertiary/aromatic N) is 7. The van der Waals surface area contributed by atoms with Crippen molar-refractivity contribution in [2.24, 2.45) is 5.10 Å². The summed E-state index contributed by atoms with van der Waals surface area (Å²) in [5, 5.41) is 20.0. The number of aromatic nitrogens is 5. The summed E-state index contributed by atoms with van der Waals surface area (Å²) in [7, 11) is 3.12. The van der Waals surface area contributed by atoms with Gasteiger partial charge in [-0.1, -0.05) is 23.4 Å². The molecule has 0 atom stereocenters. The molecular formula is C25H27N9O4. The maximum atomic E-state index is 13.3. The average Bonchev–Trinajstić information content (AvgIpc) is 3.56. The van der Waals surface area contributed by atoms with Gasteiger partial charge in [0.1, 0.15) is 0 Å². The van der Waals surface area contributed by atoms with Crippen LogP contribution in [0.4, 0.5) is 11.5 Å². The summed E-state index contributed by atoms with van der Waals surface area (Å²) in [6.07, 6.45) is 1.96. The largest absolute Gasteiger partial charge is 0.493 e. The molecule has 13 nitrogen and oxygen atoms in total. The van der Waals surface area contributed by atoms with Crippen molar-refractivity contribution in [3.05, 3.63) is 65.0 Å². The highest BCUT2D eigenvalue weighted by atomic mass is 16.6. The normalized spacial score (nSPS) is 13.2. The number of amides is 1. The van der Waals surface area contributed by atoms with Crippen molar-refractivity contribution in [3.63, 3.8) is 0 Å². The first-order valence-corrected chi connectivity index (χ1v) is 11.9. The minimum absolute atomic E-state index is 0.0319. The molecule has 0 bridgehead atoms. The van der Waals surface area contributed by atoms with Crippen LogP contribution in [0.1, 0.15) is 40.7 Å². The number of hydrazone groups is 1. The van der Waals surface area contributed by atoms with Crippen molar-refractivity contribution in [1.82, 2.24) is 30.7 Å². The van der Waals surface area contributed by atoms with Crippen LogP contribution in [0, 0.1) is 0 Å². The predicted molar refractivity (Wildman–Crippen MR) is 139 cm³/mol. The van der Waals surface area contributed by atoms with Crippen LogP contribution in [0.15, 0.2) is 52.2 Å². The van der Waals surface area contributed by atoms with E-state index >= 15 is 0 Å². The van der Waals surface area contributed by atoms with Gasteiger partial charge in [0.15, 0.2) is 17.2 Å². The molecular weight excluding hydrogens is 490 g/mol. The average molecular weight is 518 g/mol. The molecule has 13 heteroatoms. The van der Waals surface area contributed by atoms with Gasteiger partial charge in [-0.15, -0.1) is 5.10 Å². The first kappa shape index (κ1) is 24.7. The van der Waals surface area contributed by atoms with Crippen LogP contribution >= 0.6 is 0 Å². The number of nitrogens with two attached hydrogens (primary N) is 1. The van der Waals surface area contributed by atoms with Gasteiger partial charge in [0.2, 0.25) is 11.6 Å². The van der Waals surface area contributed by atoms with Crippen LogP contribution in [0.5, 0.6) is 11.5 Å². The molecule has 4 aromatic rings. The molecule has 0 saturated heterocycles. The highest BCUT2D eigenvalue weighted by molar-refractivity contribution is 6.01. The zero-order chi connectivity index (χ0) is 26.6. The molecule has 0 fully saturated rings. The monoisotopic (exact) mass is 517 g/mol. The minimum Gasteiger partial charge on any atom is -0.493 e. The zero-order valence-electron chi connectivity index (χ0n) is 21.2. The van der Waals surface area contributed by atoms with E-state index in [4.69, 9.17) is 19.8 Å². The molecule has 2 aromatic carbocycles. The molecule has 1 aliphatic rings. The fourth-order valence-electron chi connectivity index (χ4n) is 4.40. The molecule has 0 aliphatic carbocycles. The van der Waals surface area contributed by atoms with Crippen LogP contribution in [-0.4, -0.2) is 57.7 Å². The molecule has 1 aliphatic heterocycles. The number of hydrogen-bond acceptors (Lipinski definition) is 11. The van der Waals surface area contributed by atoms with Crippen molar-refractivity contribution in [2.75, 3.05) is 31.4 Å². The minimum atomic E-state index is -0.536. The quantitative estimate of drug-likeness (QED) is 0.262. The Bertz CT molecular complexity index is 1490. The van der Waals surface area contributed by atoms with Crippen molar-refractivity contribution < 1.29 is 18.9 Å². The van der Waals surface area contributed by atoms with Crippen LogP contribution < -0.4 is 25.5 Å². The van der Waals surface area contributed by atoms with E-state index in [0.29, 0.717) is 29.4 Å².